The van der Waals surface area contributed by atoms with Gasteiger partial charge in [0.25, 0.3) is 0 Å². The van der Waals surface area contributed by atoms with Crippen molar-refractivity contribution in [3.8, 4) is 0 Å². The first-order valence-electron chi connectivity index (χ1n) is 6.01. The van der Waals surface area contributed by atoms with Gasteiger partial charge in [-0.05, 0) is 31.6 Å². The molecule has 0 aromatic heterocycles. The molecule has 0 heterocycles. The highest BCUT2D eigenvalue weighted by Gasteiger charge is 2.46. The van der Waals surface area contributed by atoms with Crippen LogP contribution in [0, 0.1) is 5.92 Å². The van der Waals surface area contributed by atoms with Crippen molar-refractivity contribution >= 4 is 0 Å². The normalized spacial score (nSPS) is 27.9. The molecule has 0 unspecified atom stereocenters. The molecule has 0 amide bonds. The van der Waals surface area contributed by atoms with Crippen LogP contribution in [0.4, 0.5) is 0 Å². The standard InChI is InChI=1S/C12H23N/c1-10(2)12(8-9-12)13-11-6-4-3-5-7-11/h10-11,13H,3-9H2,1-2H3. The van der Waals surface area contributed by atoms with Crippen molar-refractivity contribution in [2.24, 2.45) is 5.92 Å². The van der Waals surface area contributed by atoms with Crippen molar-refractivity contribution in [3.63, 3.8) is 0 Å². The largest absolute Gasteiger partial charge is 0.308 e. The smallest absolute Gasteiger partial charge is 0.0208 e. The van der Waals surface area contributed by atoms with Crippen LogP contribution in [0.1, 0.15) is 58.8 Å². The summed E-state index contributed by atoms with van der Waals surface area (Å²) in [5.41, 5.74) is 0.558. The van der Waals surface area contributed by atoms with E-state index in [0.717, 1.165) is 12.0 Å². The highest BCUT2D eigenvalue weighted by molar-refractivity contribution is 5.05. The Labute approximate surface area is 82.3 Å². The minimum absolute atomic E-state index is 0.558. The lowest BCUT2D eigenvalue weighted by Crippen LogP contribution is -2.44. The van der Waals surface area contributed by atoms with Gasteiger partial charge in [0.05, 0.1) is 0 Å². The fourth-order valence-electron chi connectivity index (χ4n) is 2.68. The minimum Gasteiger partial charge on any atom is -0.308 e. The van der Waals surface area contributed by atoms with Crippen molar-refractivity contribution in [3.05, 3.63) is 0 Å². The summed E-state index contributed by atoms with van der Waals surface area (Å²) in [6.45, 7) is 4.73. The maximum absolute atomic E-state index is 3.91. The molecule has 0 atom stereocenters. The average molecular weight is 181 g/mol. The van der Waals surface area contributed by atoms with Gasteiger partial charge in [-0.25, -0.2) is 0 Å². The zero-order valence-electron chi connectivity index (χ0n) is 9.10. The van der Waals surface area contributed by atoms with Gasteiger partial charge < -0.3 is 5.32 Å². The molecule has 1 N–H and O–H groups in total. The molecule has 1 heteroatoms. The molecule has 13 heavy (non-hydrogen) atoms. The topological polar surface area (TPSA) is 12.0 Å². The molecule has 0 bridgehead atoms. The molecule has 2 fully saturated rings. The molecule has 2 aliphatic carbocycles. The predicted molar refractivity (Wildman–Crippen MR) is 56.8 cm³/mol. The summed E-state index contributed by atoms with van der Waals surface area (Å²) in [7, 11) is 0. The van der Waals surface area contributed by atoms with Crippen LogP contribution in [0.3, 0.4) is 0 Å². The molecule has 2 saturated carbocycles. The van der Waals surface area contributed by atoms with Crippen molar-refractivity contribution in [2.45, 2.75) is 70.4 Å². The second-order valence-electron chi connectivity index (χ2n) is 5.29. The minimum atomic E-state index is 0.558. The Balaban J connectivity index is 1.82. The maximum Gasteiger partial charge on any atom is 0.0208 e. The highest BCUT2D eigenvalue weighted by Crippen LogP contribution is 2.43. The van der Waals surface area contributed by atoms with Crippen LogP contribution in [0.5, 0.6) is 0 Å². The Morgan fingerprint density at radius 2 is 1.69 bits per heavy atom. The van der Waals surface area contributed by atoms with E-state index in [1.165, 1.54) is 44.9 Å². The van der Waals surface area contributed by atoms with Gasteiger partial charge in [0, 0.05) is 11.6 Å². The van der Waals surface area contributed by atoms with E-state index < -0.39 is 0 Å². The third-order valence-electron chi connectivity index (χ3n) is 3.99. The molecule has 0 aliphatic heterocycles. The van der Waals surface area contributed by atoms with Gasteiger partial charge in [0.2, 0.25) is 0 Å². The van der Waals surface area contributed by atoms with Crippen LogP contribution in [0.25, 0.3) is 0 Å². The van der Waals surface area contributed by atoms with Crippen LogP contribution in [-0.2, 0) is 0 Å². The van der Waals surface area contributed by atoms with E-state index in [2.05, 4.69) is 19.2 Å². The summed E-state index contributed by atoms with van der Waals surface area (Å²) < 4.78 is 0. The second kappa shape index (κ2) is 3.61. The lowest BCUT2D eigenvalue weighted by atomic mass is 9.92. The third-order valence-corrected chi connectivity index (χ3v) is 3.99. The molecule has 0 aromatic rings. The number of hydrogen-bond acceptors (Lipinski definition) is 1. The lowest BCUT2D eigenvalue weighted by molar-refractivity contribution is 0.282. The Morgan fingerprint density at radius 1 is 1.08 bits per heavy atom. The molecular formula is C12H23N. The van der Waals surface area contributed by atoms with Crippen LogP contribution >= 0.6 is 0 Å². The van der Waals surface area contributed by atoms with Gasteiger partial charge in [-0.2, -0.15) is 0 Å². The van der Waals surface area contributed by atoms with Crippen molar-refractivity contribution in [2.75, 3.05) is 0 Å². The number of rotatable bonds is 3. The third kappa shape index (κ3) is 2.07. The van der Waals surface area contributed by atoms with Gasteiger partial charge in [-0.15, -0.1) is 0 Å². The van der Waals surface area contributed by atoms with Crippen molar-refractivity contribution in [1.29, 1.82) is 0 Å². The summed E-state index contributed by atoms with van der Waals surface area (Å²) in [6, 6.07) is 0.846. The summed E-state index contributed by atoms with van der Waals surface area (Å²) in [6.07, 6.45) is 10.1. The fraction of sp³-hybridized carbons (Fsp3) is 1.00. The van der Waals surface area contributed by atoms with Crippen LogP contribution < -0.4 is 5.32 Å². The molecule has 0 saturated heterocycles. The zero-order chi connectivity index (χ0) is 9.31. The van der Waals surface area contributed by atoms with Gasteiger partial charge in [-0.3, -0.25) is 0 Å². The van der Waals surface area contributed by atoms with Gasteiger partial charge >= 0.3 is 0 Å². The molecule has 0 spiro atoms. The van der Waals surface area contributed by atoms with E-state index in [4.69, 9.17) is 0 Å². The Kier molecular flexibility index (Phi) is 2.64. The monoisotopic (exact) mass is 181 g/mol. The van der Waals surface area contributed by atoms with E-state index in [9.17, 15) is 0 Å². The Morgan fingerprint density at radius 3 is 2.15 bits per heavy atom. The molecule has 2 aliphatic rings. The van der Waals surface area contributed by atoms with E-state index in [1.807, 2.05) is 0 Å². The summed E-state index contributed by atoms with van der Waals surface area (Å²) in [5.74, 6) is 0.828. The molecule has 76 valence electrons. The Bertz CT molecular complexity index is 164. The summed E-state index contributed by atoms with van der Waals surface area (Å²) in [4.78, 5) is 0. The van der Waals surface area contributed by atoms with E-state index in [1.54, 1.807) is 0 Å². The molecular weight excluding hydrogens is 158 g/mol. The zero-order valence-corrected chi connectivity index (χ0v) is 9.10. The molecule has 1 nitrogen and oxygen atoms in total. The summed E-state index contributed by atoms with van der Waals surface area (Å²) >= 11 is 0. The fourth-order valence-corrected chi connectivity index (χ4v) is 2.68. The van der Waals surface area contributed by atoms with Crippen molar-refractivity contribution in [1.82, 2.24) is 5.32 Å². The maximum atomic E-state index is 3.91. The quantitative estimate of drug-likeness (QED) is 0.705. The van der Waals surface area contributed by atoms with Crippen molar-refractivity contribution < 1.29 is 0 Å². The van der Waals surface area contributed by atoms with Gasteiger partial charge in [0.15, 0.2) is 0 Å². The van der Waals surface area contributed by atoms with Crippen LogP contribution in [-0.4, -0.2) is 11.6 Å². The lowest BCUT2D eigenvalue weighted by Gasteiger charge is -2.30. The number of hydrogen-bond donors (Lipinski definition) is 1. The van der Waals surface area contributed by atoms with Gasteiger partial charge in [0.1, 0.15) is 0 Å². The van der Waals surface area contributed by atoms with Gasteiger partial charge in [-0.1, -0.05) is 33.1 Å². The second-order valence-corrected chi connectivity index (χ2v) is 5.29. The molecule has 2 rings (SSSR count). The SMILES string of the molecule is CC(C)C1(NC2CCCCC2)CC1. The Hall–Kier alpha value is -0.0400. The van der Waals surface area contributed by atoms with Crippen LogP contribution in [0.15, 0.2) is 0 Å². The predicted octanol–water partition coefficient (Wildman–Crippen LogP) is 3.10. The first-order valence-corrected chi connectivity index (χ1v) is 6.01. The number of nitrogens with one attached hydrogen (secondary N) is 1. The van der Waals surface area contributed by atoms with Crippen LogP contribution in [0.2, 0.25) is 0 Å². The van der Waals surface area contributed by atoms with E-state index in [0.29, 0.717) is 5.54 Å². The first kappa shape index (κ1) is 9.51. The van der Waals surface area contributed by atoms with E-state index >= 15 is 0 Å². The highest BCUT2D eigenvalue weighted by atomic mass is 15.1. The van der Waals surface area contributed by atoms with E-state index in [-0.39, 0.29) is 0 Å². The molecule has 0 aromatic carbocycles. The molecule has 0 radical (unpaired) electrons. The first-order chi connectivity index (χ1) is 6.23. The average Bonchev–Trinajstić information content (AvgIpc) is 2.87. The summed E-state index contributed by atoms with van der Waals surface area (Å²) in [5, 5.41) is 3.91.